The lowest BCUT2D eigenvalue weighted by atomic mass is 9.98. The van der Waals surface area contributed by atoms with Crippen molar-refractivity contribution in [3.63, 3.8) is 0 Å². The van der Waals surface area contributed by atoms with Crippen LogP contribution in [0, 0.1) is 0 Å². The molecule has 1 aromatic carbocycles. The summed E-state index contributed by atoms with van der Waals surface area (Å²) in [5.74, 6) is -0.279. The number of hydrogen-bond acceptors (Lipinski definition) is 9. The molecule has 7 N–H and O–H groups in total. The van der Waals surface area contributed by atoms with Gasteiger partial charge in [-0.1, -0.05) is 134 Å². The predicted molar refractivity (Wildman–Crippen MR) is 187 cm³/mol. The van der Waals surface area contributed by atoms with Gasteiger partial charge in [-0.15, -0.1) is 0 Å². The Labute approximate surface area is 289 Å². The zero-order valence-corrected chi connectivity index (χ0v) is 29.5. The van der Waals surface area contributed by atoms with Gasteiger partial charge in [0.1, 0.15) is 30.5 Å². The van der Waals surface area contributed by atoms with Crippen molar-refractivity contribution in [2.24, 2.45) is 0 Å². The average molecular weight is 682 g/mol. The molecule has 0 bridgehead atoms. The van der Waals surface area contributed by atoms with Gasteiger partial charge in [0.25, 0.3) is 0 Å². The van der Waals surface area contributed by atoms with E-state index < -0.39 is 55.6 Å². The van der Waals surface area contributed by atoms with E-state index in [0.29, 0.717) is 12.8 Å². The van der Waals surface area contributed by atoms with E-state index in [1.165, 1.54) is 56.9 Å². The van der Waals surface area contributed by atoms with Gasteiger partial charge in [0.2, 0.25) is 5.91 Å². The van der Waals surface area contributed by atoms with E-state index >= 15 is 0 Å². The molecule has 10 nitrogen and oxygen atoms in total. The van der Waals surface area contributed by atoms with Gasteiger partial charge in [0.15, 0.2) is 6.29 Å². The summed E-state index contributed by atoms with van der Waals surface area (Å²) in [6.45, 7) is 1.32. The van der Waals surface area contributed by atoms with Crippen LogP contribution in [-0.2, 0) is 20.7 Å². The lowest BCUT2D eigenvalue weighted by Gasteiger charge is -2.40. The van der Waals surface area contributed by atoms with Crippen molar-refractivity contribution >= 4 is 5.91 Å². The van der Waals surface area contributed by atoms with Crippen LogP contribution in [0.1, 0.15) is 134 Å². The lowest BCUT2D eigenvalue weighted by Crippen LogP contribution is -2.60. The number of benzene rings is 1. The van der Waals surface area contributed by atoms with Gasteiger partial charge in [-0.05, 0) is 31.2 Å². The van der Waals surface area contributed by atoms with Gasteiger partial charge >= 0.3 is 0 Å². The number of aliphatic hydroxyl groups excluding tert-OH is 6. The van der Waals surface area contributed by atoms with Crippen LogP contribution in [0.5, 0.6) is 0 Å². The highest BCUT2D eigenvalue weighted by molar-refractivity contribution is 5.76. The molecule has 48 heavy (non-hydrogen) atoms. The SMILES string of the molecule is CCCCCCCCCCCCCC[C@@H](O)[C@@H](O)[C@H](COC1OC(CO)C(O)C(O)C1O)NC(=O)CCCCCCCc1ccccc1. The van der Waals surface area contributed by atoms with Gasteiger partial charge < -0.3 is 45.4 Å². The molecule has 1 aliphatic rings. The molecule has 10 heteroatoms. The molecule has 1 aliphatic heterocycles. The fourth-order valence-corrected chi connectivity index (χ4v) is 6.33. The van der Waals surface area contributed by atoms with Crippen LogP contribution in [-0.4, -0.2) is 98.7 Å². The third-order valence-electron chi connectivity index (χ3n) is 9.51. The first-order chi connectivity index (χ1) is 23.3. The summed E-state index contributed by atoms with van der Waals surface area (Å²) in [5, 5.41) is 64.8. The van der Waals surface area contributed by atoms with E-state index in [-0.39, 0.29) is 18.9 Å². The minimum absolute atomic E-state index is 0.261. The number of nitrogens with one attached hydrogen (secondary N) is 1. The van der Waals surface area contributed by atoms with Gasteiger partial charge in [0.05, 0.1) is 25.4 Å². The van der Waals surface area contributed by atoms with E-state index in [0.717, 1.165) is 57.8 Å². The molecule has 278 valence electrons. The number of aliphatic hydroxyl groups is 6. The van der Waals surface area contributed by atoms with E-state index in [2.05, 4.69) is 24.4 Å². The third-order valence-corrected chi connectivity index (χ3v) is 9.51. The number of amides is 1. The molecule has 1 amide bonds. The van der Waals surface area contributed by atoms with Crippen molar-refractivity contribution in [2.45, 2.75) is 184 Å². The highest BCUT2D eigenvalue weighted by Gasteiger charge is 2.44. The summed E-state index contributed by atoms with van der Waals surface area (Å²) < 4.78 is 11.1. The summed E-state index contributed by atoms with van der Waals surface area (Å²) >= 11 is 0. The Hall–Kier alpha value is -1.63. The quantitative estimate of drug-likeness (QED) is 0.0621. The standard InChI is InChI=1S/C38H67NO9/c1-2-3-4-5-6-7-8-9-10-11-14-20-25-31(41)34(43)30(28-47-38-37(46)36(45)35(44)32(27-40)48-38)39-33(42)26-21-15-12-13-17-22-29-23-18-16-19-24-29/h16,18-19,23-24,30-32,34-38,40-41,43-46H,2-15,17,20-22,25-28H2,1H3,(H,39,42)/t30-,31+,32?,34-,35?,36?,37?,38?/m0/s1. The molecular weight excluding hydrogens is 614 g/mol. The van der Waals surface area contributed by atoms with Crippen molar-refractivity contribution < 1.29 is 44.9 Å². The van der Waals surface area contributed by atoms with Crippen molar-refractivity contribution in [1.82, 2.24) is 5.32 Å². The zero-order valence-electron chi connectivity index (χ0n) is 29.5. The van der Waals surface area contributed by atoms with Crippen molar-refractivity contribution in [3.05, 3.63) is 35.9 Å². The first kappa shape index (κ1) is 42.5. The van der Waals surface area contributed by atoms with E-state index in [1.807, 2.05) is 18.2 Å². The zero-order chi connectivity index (χ0) is 35.0. The largest absolute Gasteiger partial charge is 0.394 e. The molecule has 0 saturated carbocycles. The number of rotatable bonds is 28. The maximum absolute atomic E-state index is 12.9. The van der Waals surface area contributed by atoms with Gasteiger partial charge in [-0.25, -0.2) is 0 Å². The molecule has 0 radical (unpaired) electrons. The third kappa shape index (κ3) is 17.3. The first-order valence-corrected chi connectivity index (χ1v) is 18.9. The predicted octanol–water partition coefficient (Wildman–Crippen LogP) is 4.68. The molecule has 0 aromatic heterocycles. The minimum atomic E-state index is -1.61. The molecule has 8 atom stereocenters. The number of aryl methyl sites for hydroxylation is 1. The lowest BCUT2D eigenvalue weighted by molar-refractivity contribution is -0.303. The Bertz CT molecular complexity index is 921. The normalized spacial score (nSPS) is 23.1. The molecule has 1 saturated heterocycles. The molecule has 0 aliphatic carbocycles. The summed E-state index contributed by atoms with van der Waals surface area (Å²) in [6.07, 6.45) is 11.0. The Balaban J connectivity index is 1.77. The van der Waals surface area contributed by atoms with E-state index in [4.69, 9.17) is 9.47 Å². The Morgan fingerprint density at radius 1 is 0.771 bits per heavy atom. The monoisotopic (exact) mass is 681 g/mol. The summed E-state index contributed by atoms with van der Waals surface area (Å²) in [4.78, 5) is 12.9. The second-order valence-corrected chi connectivity index (χ2v) is 13.7. The maximum Gasteiger partial charge on any atom is 0.220 e. The van der Waals surface area contributed by atoms with Crippen LogP contribution < -0.4 is 5.32 Å². The molecule has 0 spiro atoms. The fourth-order valence-electron chi connectivity index (χ4n) is 6.33. The van der Waals surface area contributed by atoms with Crippen molar-refractivity contribution in [3.8, 4) is 0 Å². The molecule has 1 fully saturated rings. The highest BCUT2D eigenvalue weighted by atomic mass is 16.7. The summed E-state index contributed by atoms with van der Waals surface area (Å²) in [5.41, 5.74) is 1.33. The number of carbonyl (C=O) groups excluding carboxylic acids is 1. The number of carbonyl (C=O) groups is 1. The Morgan fingerprint density at radius 2 is 1.33 bits per heavy atom. The molecule has 2 rings (SSSR count). The second kappa shape index (κ2) is 26.2. The number of hydrogen-bond donors (Lipinski definition) is 7. The topological polar surface area (TPSA) is 169 Å². The molecular formula is C38H67NO9. The first-order valence-electron chi connectivity index (χ1n) is 18.9. The number of ether oxygens (including phenoxy) is 2. The maximum atomic E-state index is 12.9. The van der Waals surface area contributed by atoms with Crippen LogP contribution in [0.3, 0.4) is 0 Å². The molecule has 1 aromatic rings. The second-order valence-electron chi connectivity index (χ2n) is 13.7. The van der Waals surface area contributed by atoms with E-state index in [9.17, 15) is 35.4 Å². The van der Waals surface area contributed by atoms with Crippen LogP contribution in [0.2, 0.25) is 0 Å². The van der Waals surface area contributed by atoms with Crippen LogP contribution in [0.15, 0.2) is 30.3 Å². The van der Waals surface area contributed by atoms with Crippen LogP contribution in [0.4, 0.5) is 0 Å². The summed E-state index contributed by atoms with van der Waals surface area (Å²) in [6, 6.07) is 9.37. The van der Waals surface area contributed by atoms with E-state index in [1.54, 1.807) is 0 Å². The Morgan fingerprint density at radius 3 is 1.94 bits per heavy atom. The van der Waals surface area contributed by atoms with Gasteiger partial charge in [0, 0.05) is 6.42 Å². The fraction of sp³-hybridized carbons (Fsp3) is 0.816. The molecule has 5 unspecified atom stereocenters. The smallest absolute Gasteiger partial charge is 0.220 e. The van der Waals surface area contributed by atoms with Crippen molar-refractivity contribution in [2.75, 3.05) is 13.2 Å². The van der Waals surface area contributed by atoms with Gasteiger partial charge in [-0.2, -0.15) is 0 Å². The van der Waals surface area contributed by atoms with Gasteiger partial charge in [-0.3, -0.25) is 4.79 Å². The highest BCUT2D eigenvalue weighted by Crippen LogP contribution is 2.23. The summed E-state index contributed by atoms with van der Waals surface area (Å²) in [7, 11) is 0. The van der Waals surface area contributed by atoms with Crippen LogP contribution in [0.25, 0.3) is 0 Å². The number of unbranched alkanes of at least 4 members (excludes halogenated alkanes) is 15. The van der Waals surface area contributed by atoms with Crippen molar-refractivity contribution in [1.29, 1.82) is 0 Å². The minimum Gasteiger partial charge on any atom is -0.394 e. The van der Waals surface area contributed by atoms with Crippen LogP contribution >= 0.6 is 0 Å². The Kier molecular flexibility index (Phi) is 23.2. The molecule has 1 heterocycles. The average Bonchev–Trinajstić information content (AvgIpc) is 3.09.